The van der Waals surface area contributed by atoms with Crippen molar-refractivity contribution in [2.45, 2.75) is 6.92 Å². The Morgan fingerprint density at radius 3 is 1.29 bits per heavy atom. The average Bonchev–Trinajstić information content (AvgIpc) is 3.18. The van der Waals surface area contributed by atoms with Gasteiger partial charge in [-0.1, -0.05) is 146 Å². The van der Waals surface area contributed by atoms with Gasteiger partial charge < -0.3 is 0 Å². The summed E-state index contributed by atoms with van der Waals surface area (Å²) in [4.78, 5) is 9.70. The third-order valence-electron chi connectivity index (χ3n) is 9.61. The minimum Gasteiger partial charge on any atom is -0.236 e. The van der Waals surface area contributed by atoms with E-state index in [0.717, 1.165) is 39.3 Å². The molecule has 0 bridgehead atoms. The lowest BCUT2D eigenvalue weighted by molar-refractivity contribution is 1.14. The maximum atomic E-state index is 4.99. The van der Waals surface area contributed by atoms with Gasteiger partial charge in [-0.05, 0) is 102 Å². The quantitative estimate of drug-likeness (QED) is 0.178. The van der Waals surface area contributed by atoms with Gasteiger partial charge in [-0.3, -0.25) is 0 Å². The van der Waals surface area contributed by atoms with Gasteiger partial charge in [-0.2, -0.15) is 0 Å². The highest BCUT2D eigenvalue weighted by Gasteiger charge is 2.12. The van der Waals surface area contributed by atoms with Crippen LogP contribution in [-0.4, -0.2) is 9.97 Å². The molecular formula is C47H32N2. The van der Waals surface area contributed by atoms with Crippen molar-refractivity contribution in [3.63, 3.8) is 0 Å². The molecule has 2 heteroatoms. The predicted octanol–water partition coefficient (Wildman–Crippen LogP) is 12.6. The zero-order valence-corrected chi connectivity index (χ0v) is 27.1. The molecule has 0 amide bonds. The Bertz CT molecular complexity index is 2640. The summed E-state index contributed by atoms with van der Waals surface area (Å²) in [5.41, 5.74) is 11.2. The summed E-state index contributed by atoms with van der Waals surface area (Å²) < 4.78 is 0. The van der Waals surface area contributed by atoms with Gasteiger partial charge in [0.05, 0.1) is 5.69 Å². The molecule has 2 nitrogen and oxygen atoms in total. The minimum absolute atomic E-state index is 0.728. The molecule has 49 heavy (non-hydrogen) atoms. The highest BCUT2D eigenvalue weighted by Crippen LogP contribution is 2.38. The Labute approximate surface area is 286 Å². The summed E-state index contributed by atoms with van der Waals surface area (Å²) in [6, 6.07) is 61.0. The number of nitrogens with zero attached hydrogens (tertiary/aromatic N) is 2. The smallest absolute Gasteiger partial charge is 0.159 e. The van der Waals surface area contributed by atoms with Crippen molar-refractivity contribution in [3.05, 3.63) is 182 Å². The molecular weight excluding hydrogens is 593 g/mol. The number of aromatic nitrogens is 2. The Balaban J connectivity index is 1.08. The number of fused-ring (bicyclic) bond motifs is 6. The molecule has 8 aromatic carbocycles. The Morgan fingerprint density at radius 1 is 0.327 bits per heavy atom. The van der Waals surface area contributed by atoms with Crippen LogP contribution in [0.2, 0.25) is 0 Å². The van der Waals surface area contributed by atoms with Gasteiger partial charge in [-0.25, -0.2) is 9.97 Å². The molecule has 0 spiro atoms. The molecule has 9 rings (SSSR count). The van der Waals surface area contributed by atoms with Crippen molar-refractivity contribution in [1.82, 2.24) is 9.97 Å². The summed E-state index contributed by atoms with van der Waals surface area (Å²) in [6.45, 7) is 2.06. The molecule has 0 aliphatic heterocycles. The maximum Gasteiger partial charge on any atom is 0.159 e. The van der Waals surface area contributed by atoms with Crippen LogP contribution in [0.1, 0.15) is 5.56 Å². The van der Waals surface area contributed by atoms with Crippen molar-refractivity contribution in [2.24, 2.45) is 0 Å². The van der Waals surface area contributed by atoms with Crippen LogP contribution in [0.4, 0.5) is 0 Å². The first kappa shape index (κ1) is 28.8. The van der Waals surface area contributed by atoms with Gasteiger partial charge in [0.2, 0.25) is 0 Å². The van der Waals surface area contributed by atoms with Crippen molar-refractivity contribution in [3.8, 4) is 56.0 Å². The van der Waals surface area contributed by atoms with E-state index in [1.54, 1.807) is 0 Å². The van der Waals surface area contributed by atoms with Gasteiger partial charge in [0, 0.05) is 17.3 Å². The topological polar surface area (TPSA) is 25.8 Å². The molecule has 0 unspecified atom stereocenters. The first-order chi connectivity index (χ1) is 24.2. The van der Waals surface area contributed by atoms with Crippen LogP contribution < -0.4 is 0 Å². The van der Waals surface area contributed by atoms with Crippen molar-refractivity contribution >= 4 is 32.3 Å². The van der Waals surface area contributed by atoms with Crippen LogP contribution in [0, 0.1) is 6.92 Å². The third kappa shape index (κ3) is 5.24. The van der Waals surface area contributed by atoms with E-state index < -0.39 is 0 Å². The van der Waals surface area contributed by atoms with E-state index in [1.807, 2.05) is 24.4 Å². The molecule has 9 aromatic rings. The van der Waals surface area contributed by atoms with E-state index in [2.05, 4.69) is 159 Å². The van der Waals surface area contributed by atoms with E-state index in [4.69, 9.17) is 9.97 Å². The number of aryl methyl sites for hydroxylation is 1. The maximum absolute atomic E-state index is 4.99. The van der Waals surface area contributed by atoms with Gasteiger partial charge >= 0.3 is 0 Å². The van der Waals surface area contributed by atoms with Crippen LogP contribution in [0.25, 0.3) is 88.3 Å². The van der Waals surface area contributed by atoms with Gasteiger partial charge in [0.25, 0.3) is 0 Å². The molecule has 230 valence electrons. The summed E-state index contributed by atoms with van der Waals surface area (Å²) in [6.07, 6.45) is 1.92. The summed E-state index contributed by atoms with van der Waals surface area (Å²) in [5, 5.41) is 7.75. The Hall–Kier alpha value is -6.38. The summed E-state index contributed by atoms with van der Waals surface area (Å²) in [5.74, 6) is 0.728. The fourth-order valence-electron chi connectivity index (χ4n) is 7.15. The Morgan fingerprint density at radius 2 is 0.735 bits per heavy atom. The van der Waals surface area contributed by atoms with E-state index in [1.165, 1.54) is 54.6 Å². The summed E-state index contributed by atoms with van der Waals surface area (Å²) in [7, 11) is 0. The largest absolute Gasteiger partial charge is 0.236 e. The fourth-order valence-corrected chi connectivity index (χ4v) is 7.15. The predicted molar refractivity (Wildman–Crippen MR) is 206 cm³/mol. The highest BCUT2D eigenvalue weighted by molar-refractivity contribution is 6.25. The molecule has 0 fully saturated rings. The second-order valence-corrected chi connectivity index (χ2v) is 12.7. The highest BCUT2D eigenvalue weighted by atomic mass is 14.9. The average molecular weight is 625 g/mol. The van der Waals surface area contributed by atoms with Gasteiger partial charge in [-0.15, -0.1) is 0 Å². The third-order valence-corrected chi connectivity index (χ3v) is 9.61. The monoisotopic (exact) mass is 624 g/mol. The molecule has 1 heterocycles. The standard InChI is InChI=1S/C47H32N2/c1-31-30-48-47(49-46(31)32-12-3-2-4-13-32)39-19-11-18-37(28-39)35-16-9-14-33(26-35)34-15-10-17-36(27-34)38-24-25-44-42-22-6-5-20-40(42)41-21-7-8-23-43(41)45(44)29-38/h2-30H,1H3. The summed E-state index contributed by atoms with van der Waals surface area (Å²) >= 11 is 0. The molecule has 0 radical (unpaired) electrons. The first-order valence-corrected chi connectivity index (χ1v) is 16.7. The lowest BCUT2D eigenvalue weighted by Crippen LogP contribution is -1.95. The normalized spacial score (nSPS) is 11.4. The first-order valence-electron chi connectivity index (χ1n) is 16.7. The fraction of sp³-hybridized carbons (Fsp3) is 0.0213. The lowest BCUT2D eigenvalue weighted by Gasteiger charge is -2.13. The van der Waals surface area contributed by atoms with E-state index in [-0.39, 0.29) is 0 Å². The molecule has 0 saturated carbocycles. The molecule has 0 N–H and O–H groups in total. The molecule has 0 atom stereocenters. The minimum atomic E-state index is 0.728. The van der Waals surface area contributed by atoms with E-state index in [0.29, 0.717) is 0 Å². The van der Waals surface area contributed by atoms with Crippen LogP contribution in [0.5, 0.6) is 0 Å². The van der Waals surface area contributed by atoms with E-state index >= 15 is 0 Å². The second-order valence-electron chi connectivity index (χ2n) is 12.7. The van der Waals surface area contributed by atoms with Crippen LogP contribution in [0.15, 0.2) is 176 Å². The molecule has 0 saturated heterocycles. The second kappa shape index (κ2) is 12.0. The van der Waals surface area contributed by atoms with Crippen LogP contribution in [-0.2, 0) is 0 Å². The van der Waals surface area contributed by atoms with Crippen LogP contribution in [0.3, 0.4) is 0 Å². The number of hydrogen-bond donors (Lipinski definition) is 0. The van der Waals surface area contributed by atoms with Crippen molar-refractivity contribution in [2.75, 3.05) is 0 Å². The number of rotatable bonds is 5. The van der Waals surface area contributed by atoms with Gasteiger partial charge in [0.1, 0.15) is 0 Å². The van der Waals surface area contributed by atoms with Crippen molar-refractivity contribution < 1.29 is 0 Å². The van der Waals surface area contributed by atoms with Crippen LogP contribution >= 0.6 is 0 Å². The zero-order chi connectivity index (χ0) is 32.7. The molecule has 1 aromatic heterocycles. The lowest BCUT2D eigenvalue weighted by atomic mass is 9.91. The van der Waals surface area contributed by atoms with E-state index in [9.17, 15) is 0 Å². The number of benzene rings is 8. The van der Waals surface area contributed by atoms with Crippen molar-refractivity contribution in [1.29, 1.82) is 0 Å². The molecule has 0 aliphatic carbocycles. The Kier molecular flexibility index (Phi) is 7.06. The van der Waals surface area contributed by atoms with Gasteiger partial charge in [0.15, 0.2) is 5.82 Å². The SMILES string of the molecule is Cc1cnc(-c2cccc(-c3cccc(-c4cccc(-c5ccc6c7ccccc7c7ccccc7c6c5)c4)c3)c2)nc1-c1ccccc1. The molecule has 0 aliphatic rings. The zero-order valence-electron chi connectivity index (χ0n) is 27.1. The number of hydrogen-bond acceptors (Lipinski definition) is 2.